The fourth-order valence-electron chi connectivity index (χ4n) is 11.6. The summed E-state index contributed by atoms with van der Waals surface area (Å²) in [5.74, 6) is -4.39. The Hall–Kier alpha value is -1.13. The van der Waals surface area contributed by atoms with Crippen LogP contribution in [0, 0.1) is 0 Å². The largest absolute Gasteiger partial charge is 1.00 e. The van der Waals surface area contributed by atoms with Gasteiger partial charge in [0, 0.05) is 25.7 Å². The molecule has 98 heavy (non-hydrogen) atoms. The van der Waals surface area contributed by atoms with Gasteiger partial charge < -0.3 is 47.9 Å². The van der Waals surface area contributed by atoms with Gasteiger partial charge in [-0.1, -0.05) is 282 Å². The molecule has 0 aliphatic rings. The van der Waals surface area contributed by atoms with Crippen molar-refractivity contribution in [3.05, 3.63) is 48.6 Å². The SMILES string of the molecule is CCCCCCCCC=CCCCCCCCC(=O)OC[C@H](COC([C@@H](O)COC[C@@H](COC(=O)CCCCCCCC=CCCCCCCCC)OC(=O)CCCCCCCC=CCCCCCCCC)P(=O)([O-])[O-])OC(=O)CCCCCCCC=CCCCCCCCC.[Na+].[Na+]. The van der Waals surface area contributed by atoms with Crippen molar-refractivity contribution in [2.45, 2.75) is 411 Å². The van der Waals surface area contributed by atoms with Crippen LogP contribution in [-0.4, -0.2) is 86.2 Å². The molecule has 0 amide bonds. The fourth-order valence-corrected chi connectivity index (χ4v) is 12.4. The van der Waals surface area contributed by atoms with Crippen LogP contribution in [0.4, 0.5) is 0 Å². The van der Waals surface area contributed by atoms with Crippen LogP contribution in [-0.2, 0) is 52.2 Å². The Morgan fingerprint density at radius 2 is 0.541 bits per heavy atom. The van der Waals surface area contributed by atoms with Gasteiger partial charge in [0.25, 0.3) is 0 Å². The summed E-state index contributed by atoms with van der Waals surface area (Å²) in [7, 11) is -5.70. The topological polar surface area (TPSA) is 207 Å². The Kier molecular flexibility index (Phi) is 82.5. The molecule has 0 saturated carbocycles. The molecule has 0 rings (SSSR count). The van der Waals surface area contributed by atoms with E-state index in [9.17, 15) is 38.6 Å². The number of aliphatic hydroxyl groups excluding tert-OH is 1. The molecule has 4 atom stereocenters. The Morgan fingerprint density at radius 3 is 0.796 bits per heavy atom. The van der Waals surface area contributed by atoms with Gasteiger partial charge in [0.2, 0.25) is 0 Å². The number of unbranched alkanes of at least 4 members (excludes halogenated alkanes) is 44. The minimum Gasteiger partial charge on any atom is -0.809 e. The number of carbonyl (C=O) groups is 4. The maximum absolute atomic E-state index is 13.2. The van der Waals surface area contributed by atoms with Gasteiger partial charge in [-0.3, -0.25) is 19.2 Å². The van der Waals surface area contributed by atoms with Crippen LogP contribution < -0.4 is 68.9 Å². The maximum Gasteiger partial charge on any atom is 1.00 e. The molecule has 0 radical (unpaired) electrons. The molecule has 0 aromatic carbocycles. The third-order valence-corrected chi connectivity index (χ3v) is 18.8. The second kappa shape index (κ2) is 80.0. The van der Waals surface area contributed by atoms with Gasteiger partial charge in [-0.2, -0.15) is 0 Å². The van der Waals surface area contributed by atoms with Gasteiger partial charge in [0.05, 0.1) is 19.8 Å². The van der Waals surface area contributed by atoms with E-state index in [1.54, 1.807) is 0 Å². The van der Waals surface area contributed by atoms with Gasteiger partial charge in [-0.15, -0.1) is 0 Å². The number of rotatable bonds is 75. The summed E-state index contributed by atoms with van der Waals surface area (Å²) < 4.78 is 46.5. The standard InChI is InChI=1S/C81H149O14P.2Na/c1-5-9-13-17-21-25-29-33-37-41-45-49-53-57-61-65-77(83)91-70-74(94-79(85)67-63-59-55-51-47-43-39-35-31-27-23-19-15-11-7-3)69-90-73-76(82)81(96(87,88)89)93-72-75(95-80(86)68-64-60-56-52-48-44-40-36-32-28-24-20-16-12-8-4)71-92-78(84)66-62-58-54-50-46-42-38-34-30-26-22-18-14-10-6-2;;/h33-40,74-76,81-82H,5-32,41-73H2,1-4H3,(H2,87,88,89);;/q;2*+1/p-2/t74-,75+,76-,81?;;/m0../s1. The van der Waals surface area contributed by atoms with E-state index in [1.165, 1.54) is 154 Å². The number of carbonyl (C=O) groups excluding carboxylic acids is 4. The molecule has 17 heteroatoms. The summed E-state index contributed by atoms with van der Waals surface area (Å²) in [5.41, 5.74) is 0. The predicted octanol–water partition coefficient (Wildman–Crippen LogP) is 15.7. The van der Waals surface area contributed by atoms with Crippen LogP contribution in [0.15, 0.2) is 48.6 Å². The van der Waals surface area contributed by atoms with E-state index in [-0.39, 0.29) is 98.0 Å². The average Bonchev–Trinajstić information content (AvgIpc) is 0.917. The molecular weight excluding hydrogens is 1270 g/mol. The Bertz CT molecular complexity index is 1910. The third kappa shape index (κ3) is 74.6. The molecule has 0 aliphatic carbocycles. The third-order valence-electron chi connectivity index (χ3n) is 17.7. The summed E-state index contributed by atoms with van der Waals surface area (Å²) in [4.78, 5) is 77.7. The number of allylic oxidation sites excluding steroid dienone is 8. The first kappa shape index (κ1) is 101. The van der Waals surface area contributed by atoms with Crippen molar-refractivity contribution in [1.29, 1.82) is 0 Å². The van der Waals surface area contributed by atoms with Crippen LogP contribution in [0.1, 0.15) is 387 Å². The minimum atomic E-state index is -5.70. The van der Waals surface area contributed by atoms with E-state index < -0.39 is 75.5 Å². The van der Waals surface area contributed by atoms with E-state index in [0.29, 0.717) is 25.7 Å². The van der Waals surface area contributed by atoms with E-state index in [0.717, 1.165) is 154 Å². The average molecular weight is 1420 g/mol. The first-order valence-corrected chi connectivity index (χ1v) is 41.7. The van der Waals surface area contributed by atoms with E-state index in [4.69, 9.17) is 28.4 Å². The second-order valence-corrected chi connectivity index (χ2v) is 28.9. The van der Waals surface area contributed by atoms with Gasteiger partial charge in [0.15, 0.2) is 12.2 Å². The van der Waals surface area contributed by atoms with Crippen LogP contribution in [0.2, 0.25) is 0 Å². The Morgan fingerprint density at radius 1 is 0.316 bits per heavy atom. The molecule has 1 unspecified atom stereocenters. The molecule has 0 aromatic rings. The maximum atomic E-state index is 13.2. The quantitative estimate of drug-likeness (QED) is 0.0150. The van der Waals surface area contributed by atoms with Crippen molar-refractivity contribution >= 4 is 31.5 Å². The summed E-state index contributed by atoms with van der Waals surface area (Å²) >= 11 is 0. The summed E-state index contributed by atoms with van der Waals surface area (Å²) in [6, 6.07) is 0. The Labute approximate surface area is 645 Å². The van der Waals surface area contributed by atoms with Gasteiger partial charge >= 0.3 is 83.0 Å². The van der Waals surface area contributed by atoms with Gasteiger partial charge in [-0.25, -0.2) is 0 Å². The molecule has 0 aromatic heterocycles. The van der Waals surface area contributed by atoms with E-state index in [2.05, 4.69) is 76.3 Å². The monoisotopic (exact) mass is 1420 g/mol. The van der Waals surface area contributed by atoms with Crippen LogP contribution >= 0.6 is 7.60 Å². The van der Waals surface area contributed by atoms with Gasteiger partial charge in [-0.05, 0) is 136 Å². The van der Waals surface area contributed by atoms with Crippen molar-refractivity contribution in [2.24, 2.45) is 0 Å². The smallest absolute Gasteiger partial charge is 0.809 e. The summed E-state index contributed by atoms with van der Waals surface area (Å²) in [6.07, 6.45) is 72.6. The van der Waals surface area contributed by atoms with E-state index >= 15 is 0 Å². The fraction of sp³-hybridized carbons (Fsp3) is 0.852. The molecule has 0 fully saturated rings. The number of hydrogen-bond donors (Lipinski definition) is 1. The molecule has 1 N–H and O–H groups in total. The number of ether oxygens (including phenoxy) is 6. The molecule has 0 bridgehead atoms. The van der Waals surface area contributed by atoms with Crippen molar-refractivity contribution in [2.75, 3.05) is 33.0 Å². The molecule has 0 heterocycles. The zero-order chi connectivity index (χ0) is 70.2. The zero-order valence-electron chi connectivity index (χ0n) is 64.3. The van der Waals surface area contributed by atoms with Crippen LogP contribution in [0.3, 0.4) is 0 Å². The first-order valence-electron chi connectivity index (χ1n) is 40.1. The van der Waals surface area contributed by atoms with E-state index in [1.807, 2.05) is 0 Å². The molecule has 14 nitrogen and oxygen atoms in total. The molecule has 0 aliphatic heterocycles. The van der Waals surface area contributed by atoms with Crippen LogP contribution in [0.25, 0.3) is 0 Å². The number of aliphatic hydroxyl groups is 1. The Balaban J connectivity index is -0.0000451. The van der Waals surface area contributed by atoms with Crippen molar-refractivity contribution in [3.8, 4) is 0 Å². The molecule has 562 valence electrons. The first-order chi connectivity index (χ1) is 46.9. The summed E-state index contributed by atoms with van der Waals surface area (Å²) in [6.45, 7) is 6.41. The van der Waals surface area contributed by atoms with Crippen molar-refractivity contribution < 1.29 is 126 Å². The van der Waals surface area contributed by atoms with Gasteiger partial charge in [0.1, 0.15) is 25.2 Å². The minimum absolute atomic E-state index is 0. The van der Waals surface area contributed by atoms with Crippen molar-refractivity contribution in [3.63, 3.8) is 0 Å². The number of hydrogen-bond acceptors (Lipinski definition) is 14. The van der Waals surface area contributed by atoms with Crippen LogP contribution in [0.5, 0.6) is 0 Å². The second-order valence-electron chi connectivity index (χ2n) is 27.3. The molecule has 0 saturated heterocycles. The van der Waals surface area contributed by atoms with Crippen molar-refractivity contribution in [1.82, 2.24) is 0 Å². The zero-order valence-corrected chi connectivity index (χ0v) is 69.2. The summed E-state index contributed by atoms with van der Waals surface area (Å²) in [5, 5.41) is 11.2. The normalized spacial score (nSPS) is 13.1. The number of esters is 4. The predicted molar refractivity (Wildman–Crippen MR) is 394 cm³/mol. The molecular formula is C81H147Na2O14P. The molecule has 0 spiro atoms.